The number of benzene rings is 1. The Labute approximate surface area is 101 Å². The molecular formula is C14H18O3. The molecule has 0 bridgehead atoms. The number of carbonyl (C=O) groups is 2. The minimum Gasteiger partial charge on any atom is -0.481 e. The molecule has 1 unspecified atom stereocenters. The lowest BCUT2D eigenvalue weighted by Crippen LogP contribution is -2.16. The first-order valence-corrected chi connectivity index (χ1v) is 5.66. The standard InChI is InChI=1S/C14H18O3/c1-8-5-9(2)13(10(3)6-8)12(15)7-11(4)14(16)17/h5-6,11H,7H2,1-4H3,(H,16,17). The van der Waals surface area contributed by atoms with Crippen LogP contribution in [0.15, 0.2) is 12.1 Å². The highest BCUT2D eigenvalue weighted by Gasteiger charge is 2.19. The zero-order chi connectivity index (χ0) is 13.2. The van der Waals surface area contributed by atoms with Crippen molar-refractivity contribution in [2.24, 2.45) is 5.92 Å². The van der Waals surface area contributed by atoms with Crippen LogP contribution in [0, 0.1) is 26.7 Å². The molecule has 0 aliphatic rings. The maximum atomic E-state index is 12.0. The monoisotopic (exact) mass is 234 g/mol. The van der Waals surface area contributed by atoms with Crippen LogP contribution in [0.4, 0.5) is 0 Å². The fourth-order valence-electron chi connectivity index (χ4n) is 2.09. The van der Waals surface area contributed by atoms with Gasteiger partial charge in [-0.1, -0.05) is 24.6 Å². The Balaban J connectivity index is 3.01. The summed E-state index contributed by atoms with van der Waals surface area (Å²) in [7, 11) is 0. The molecule has 92 valence electrons. The lowest BCUT2D eigenvalue weighted by Gasteiger charge is -2.11. The number of carboxylic acid groups (broad SMARTS) is 1. The highest BCUT2D eigenvalue weighted by atomic mass is 16.4. The third kappa shape index (κ3) is 3.16. The molecule has 0 amide bonds. The molecule has 1 aromatic carbocycles. The normalized spacial score (nSPS) is 12.2. The van der Waals surface area contributed by atoms with Gasteiger partial charge in [0.15, 0.2) is 5.78 Å². The summed E-state index contributed by atoms with van der Waals surface area (Å²) >= 11 is 0. The van der Waals surface area contributed by atoms with Gasteiger partial charge in [-0.25, -0.2) is 0 Å². The third-order valence-corrected chi connectivity index (χ3v) is 2.87. The van der Waals surface area contributed by atoms with Crippen molar-refractivity contribution in [3.63, 3.8) is 0 Å². The van der Waals surface area contributed by atoms with Crippen LogP contribution >= 0.6 is 0 Å². The zero-order valence-electron chi connectivity index (χ0n) is 10.7. The second-order valence-corrected chi connectivity index (χ2v) is 4.64. The number of hydrogen-bond donors (Lipinski definition) is 1. The van der Waals surface area contributed by atoms with Gasteiger partial charge in [0, 0.05) is 12.0 Å². The van der Waals surface area contributed by atoms with Crippen molar-refractivity contribution in [3.8, 4) is 0 Å². The largest absolute Gasteiger partial charge is 0.481 e. The Hall–Kier alpha value is -1.64. The molecule has 0 spiro atoms. The number of ketones is 1. The first-order valence-electron chi connectivity index (χ1n) is 5.66. The van der Waals surface area contributed by atoms with Crippen molar-refractivity contribution in [2.75, 3.05) is 0 Å². The summed E-state index contributed by atoms with van der Waals surface area (Å²) in [6.07, 6.45) is 0.0556. The average molecular weight is 234 g/mol. The first kappa shape index (κ1) is 13.4. The van der Waals surface area contributed by atoms with E-state index >= 15 is 0 Å². The molecule has 0 radical (unpaired) electrons. The Bertz CT molecular complexity index is 438. The van der Waals surface area contributed by atoms with E-state index < -0.39 is 11.9 Å². The van der Waals surface area contributed by atoms with E-state index in [1.165, 1.54) is 0 Å². The van der Waals surface area contributed by atoms with Crippen LogP contribution in [0.1, 0.15) is 40.4 Å². The molecule has 3 nitrogen and oxygen atoms in total. The van der Waals surface area contributed by atoms with Crippen molar-refractivity contribution >= 4 is 11.8 Å². The smallest absolute Gasteiger partial charge is 0.306 e. The quantitative estimate of drug-likeness (QED) is 0.815. The van der Waals surface area contributed by atoms with Crippen molar-refractivity contribution in [3.05, 3.63) is 34.4 Å². The molecule has 0 saturated heterocycles. The van der Waals surface area contributed by atoms with Gasteiger partial charge in [0.2, 0.25) is 0 Å². The number of aliphatic carboxylic acids is 1. The van der Waals surface area contributed by atoms with Crippen LogP contribution in [0.5, 0.6) is 0 Å². The van der Waals surface area contributed by atoms with Crippen LogP contribution in [0.25, 0.3) is 0 Å². The van der Waals surface area contributed by atoms with Gasteiger partial charge in [0.1, 0.15) is 0 Å². The van der Waals surface area contributed by atoms with E-state index in [1.54, 1.807) is 6.92 Å². The van der Waals surface area contributed by atoms with Gasteiger partial charge in [-0.2, -0.15) is 0 Å². The summed E-state index contributed by atoms with van der Waals surface area (Å²) in [6.45, 7) is 7.31. The van der Waals surface area contributed by atoms with Gasteiger partial charge in [0.05, 0.1) is 5.92 Å². The highest BCUT2D eigenvalue weighted by molar-refractivity contribution is 6.00. The molecule has 0 aliphatic heterocycles. The number of rotatable bonds is 4. The number of carbonyl (C=O) groups excluding carboxylic acids is 1. The lowest BCUT2D eigenvalue weighted by atomic mass is 9.92. The molecule has 1 rings (SSSR count). The van der Waals surface area contributed by atoms with Gasteiger partial charge in [-0.3, -0.25) is 9.59 Å². The molecule has 1 atom stereocenters. The molecule has 17 heavy (non-hydrogen) atoms. The van der Waals surface area contributed by atoms with Gasteiger partial charge < -0.3 is 5.11 Å². The van der Waals surface area contributed by atoms with E-state index in [4.69, 9.17) is 5.11 Å². The average Bonchev–Trinajstić information content (AvgIpc) is 2.15. The maximum absolute atomic E-state index is 12.0. The molecule has 0 saturated carbocycles. The number of carboxylic acids is 1. The molecule has 0 fully saturated rings. The second-order valence-electron chi connectivity index (χ2n) is 4.64. The maximum Gasteiger partial charge on any atom is 0.306 e. The van der Waals surface area contributed by atoms with Crippen LogP contribution in [-0.4, -0.2) is 16.9 Å². The summed E-state index contributed by atoms with van der Waals surface area (Å²) < 4.78 is 0. The van der Waals surface area contributed by atoms with E-state index in [9.17, 15) is 9.59 Å². The predicted molar refractivity (Wildman–Crippen MR) is 66.4 cm³/mol. The van der Waals surface area contributed by atoms with E-state index in [0.29, 0.717) is 5.56 Å². The summed E-state index contributed by atoms with van der Waals surface area (Å²) in [6, 6.07) is 3.90. The van der Waals surface area contributed by atoms with Crippen molar-refractivity contribution in [2.45, 2.75) is 34.1 Å². The SMILES string of the molecule is Cc1cc(C)c(C(=O)CC(C)C(=O)O)c(C)c1. The molecule has 1 aromatic rings. The van der Waals surface area contributed by atoms with E-state index in [0.717, 1.165) is 16.7 Å². The Morgan fingerprint density at radius 2 is 1.65 bits per heavy atom. The lowest BCUT2D eigenvalue weighted by molar-refractivity contribution is -0.141. The number of aryl methyl sites for hydroxylation is 3. The molecule has 3 heteroatoms. The Morgan fingerprint density at radius 1 is 1.18 bits per heavy atom. The van der Waals surface area contributed by atoms with Crippen LogP contribution in [0.3, 0.4) is 0 Å². The zero-order valence-corrected chi connectivity index (χ0v) is 10.7. The topological polar surface area (TPSA) is 54.4 Å². The summed E-state index contributed by atoms with van der Waals surface area (Å²) in [4.78, 5) is 22.8. The van der Waals surface area contributed by atoms with Crippen molar-refractivity contribution in [1.82, 2.24) is 0 Å². The molecule has 0 aromatic heterocycles. The van der Waals surface area contributed by atoms with Gasteiger partial charge in [-0.05, 0) is 31.9 Å². The van der Waals surface area contributed by atoms with Crippen LogP contribution < -0.4 is 0 Å². The van der Waals surface area contributed by atoms with E-state index in [2.05, 4.69) is 0 Å². The predicted octanol–water partition coefficient (Wildman–Crippen LogP) is 2.91. The fourth-order valence-corrected chi connectivity index (χ4v) is 2.09. The second kappa shape index (κ2) is 5.13. The van der Waals surface area contributed by atoms with Crippen LogP contribution in [-0.2, 0) is 4.79 Å². The molecule has 1 N–H and O–H groups in total. The third-order valence-electron chi connectivity index (χ3n) is 2.87. The van der Waals surface area contributed by atoms with E-state index in [-0.39, 0.29) is 12.2 Å². The van der Waals surface area contributed by atoms with Gasteiger partial charge in [-0.15, -0.1) is 0 Å². The first-order chi connectivity index (χ1) is 7.82. The molecule has 0 heterocycles. The minimum absolute atomic E-state index is 0.0556. The summed E-state index contributed by atoms with van der Waals surface area (Å²) in [5.74, 6) is -1.65. The minimum atomic E-state index is -0.930. The Kier molecular flexibility index (Phi) is 4.05. The fraction of sp³-hybridized carbons (Fsp3) is 0.429. The molecule has 0 aliphatic carbocycles. The summed E-state index contributed by atoms with van der Waals surface area (Å²) in [5, 5.41) is 8.81. The van der Waals surface area contributed by atoms with Crippen molar-refractivity contribution < 1.29 is 14.7 Å². The number of Topliss-reactive ketones (excluding diaryl/α,β-unsaturated/α-hetero) is 1. The van der Waals surface area contributed by atoms with Gasteiger partial charge in [0.25, 0.3) is 0 Å². The molecular weight excluding hydrogens is 216 g/mol. The Morgan fingerprint density at radius 3 is 2.06 bits per heavy atom. The van der Waals surface area contributed by atoms with E-state index in [1.807, 2.05) is 32.9 Å². The van der Waals surface area contributed by atoms with Crippen molar-refractivity contribution in [1.29, 1.82) is 0 Å². The van der Waals surface area contributed by atoms with Gasteiger partial charge >= 0.3 is 5.97 Å². The number of hydrogen-bond acceptors (Lipinski definition) is 2. The summed E-state index contributed by atoms with van der Waals surface area (Å²) in [5.41, 5.74) is 3.63. The van der Waals surface area contributed by atoms with Crippen LogP contribution in [0.2, 0.25) is 0 Å². The highest BCUT2D eigenvalue weighted by Crippen LogP contribution is 2.20.